The Balaban J connectivity index is 1.67. The summed E-state index contributed by atoms with van der Waals surface area (Å²) in [5.74, 6) is 1.40. The van der Waals surface area contributed by atoms with Gasteiger partial charge in [0.1, 0.15) is 5.82 Å². The molecule has 0 saturated heterocycles. The molecule has 0 aliphatic carbocycles. The summed E-state index contributed by atoms with van der Waals surface area (Å²) >= 11 is 0. The first-order chi connectivity index (χ1) is 14.9. The lowest BCUT2D eigenvalue weighted by atomic mass is 10.1. The number of benzene rings is 1. The third-order valence-electron chi connectivity index (χ3n) is 5.48. The molecule has 0 amide bonds. The number of anilines is 4. The van der Waals surface area contributed by atoms with E-state index in [9.17, 15) is 0 Å². The van der Waals surface area contributed by atoms with Crippen molar-refractivity contribution in [2.45, 2.75) is 53.5 Å². The number of hydrogen-bond donors (Lipinski definition) is 3. The molecule has 7 nitrogen and oxygen atoms in total. The van der Waals surface area contributed by atoms with E-state index in [1.165, 1.54) is 0 Å². The molecule has 3 rings (SSSR count). The highest BCUT2D eigenvalue weighted by Crippen LogP contribution is 2.26. The lowest BCUT2D eigenvalue weighted by molar-refractivity contribution is 0.295. The van der Waals surface area contributed by atoms with Gasteiger partial charge in [-0.25, -0.2) is 4.98 Å². The predicted molar refractivity (Wildman–Crippen MR) is 131 cm³/mol. The summed E-state index contributed by atoms with van der Waals surface area (Å²) in [5.41, 5.74) is 10.6. The number of aromatic nitrogens is 3. The molecule has 166 valence electrons. The molecule has 31 heavy (non-hydrogen) atoms. The largest absolute Gasteiger partial charge is 0.398 e. The summed E-state index contributed by atoms with van der Waals surface area (Å²) in [6.07, 6.45) is 2.23. The highest BCUT2D eigenvalue weighted by Gasteiger charge is 2.09. The third-order valence-corrected chi connectivity index (χ3v) is 5.48. The van der Waals surface area contributed by atoms with Crippen LogP contribution in [0.2, 0.25) is 0 Å². The molecule has 3 aromatic rings. The summed E-state index contributed by atoms with van der Waals surface area (Å²) in [6, 6.07) is 10.1. The van der Waals surface area contributed by atoms with Crippen molar-refractivity contribution in [1.82, 2.24) is 19.9 Å². The van der Waals surface area contributed by atoms with Crippen molar-refractivity contribution in [2.75, 3.05) is 36.0 Å². The van der Waals surface area contributed by atoms with Gasteiger partial charge in [-0.2, -0.15) is 4.98 Å². The van der Waals surface area contributed by atoms with Gasteiger partial charge in [-0.1, -0.05) is 13.8 Å². The fourth-order valence-corrected chi connectivity index (χ4v) is 3.77. The summed E-state index contributed by atoms with van der Waals surface area (Å²) in [7, 11) is 0. The van der Waals surface area contributed by atoms with Crippen LogP contribution in [0.15, 0.2) is 30.3 Å². The highest BCUT2D eigenvalue weighted by atomic mass is 15.2. The average molecular weight is 422 g/mol. The standard InChI is InChI=1S/C24H35N7/c1-6-31(7-2)12-8-9-16(3)27-24-28-18(5)14-23(30-24)29-19-10-11-22-20(15-19)21(25)13-17(4)26-22/h10-11,13-16H,6-9,12H2,1-5H3,(H2,25,26)(H2,27,28,29,30). The van der Waals surface area contributed by atoms with Crippen LogP contribution in [0.5, 0.6) is 0 Å². The Morgan fingerprint density at radius 1 is 1.00 bits per heavy atom. The quantitative estimate of drug-likeness (QED) is 0.429. The van der Waals surface area contributed by atoms with Crippen LogP contribution in [0.4, 0.5) is 23.1 Å². The van der Waals surface area contributed by atoms with E-state index in [0.29, 0.717) is 12.0 Å². The van der Waals surface area contributed by atoms with Crippen LogP contribution < -0.4 is 16.4 Å². The van der Waals surface area contributed by atoms with Crippen molar-refractivity contribution in [3.8, 4) is 0 Å². The van der Waals surface area contributed by atoms with Crippen molar-refractivity contribution < 1.29 is 0 Å². The zero-order chi connectivity index (χ0) is 22.4. The molecular weight excluding hydrogens is 386 g/mol. The van der Waals surface area contributed by atoms with Gasteiger partial charge in [-0.3, -0.25) is 4.98 Å². The molecule has 2 heterocycles. The van der Waals surface area contributed by atoms with Gasteiger partial charge in [0.15, 0.2) is 0 Å². The van der Waals surface area contributed by atoms with E-state index < -0.39 is 0 Å². The number of nitrogens with two attached hydrogens (primary N) is 1. The lowest BCUT2D eigenvalue weighted by Gasteiger charge is -2.20. The third kappa shape index (κ3) is 6.28. The number of pyridine rings is 1. The average Bonchev–Trinajstić information content (AvgIpc) is 2.71. The SMILES string of the molecule is CCN(CC)CCCC(C)Nc1nc(C)cc(Nc2ccc3nc(C)cc(N)c3c2)n1. The Hall–Kier alpha value is -2.93. The molecule has 0 aliphatic rings. The molecule has 0 aliphatic heterocycles. The van der Waals surface area contributed by atoms with Gasteiger partial charge in [-0.05, 0) is 77.5 Å². The Morgan fingerprint density at radius 3 is 2.48 bits per heavy atom. The Labute approximate surface area is 185 Å². The normalized spacial score (nSPS) is 12.3. The minimum absolute atomic E-state index is 0.306. The Kier molecular flexibility index (Phi) is 7.63. The molecule has 0 bridgehead atoms. The number of rotatable bonds is 10. The number of fused-ring (bicyclic) bond motifs is 1. The smallest absolute Gasteiger partial charge is 0.225 e. The van der Waals surface area contributed by atoms with Crippen LogP contribution in [0.25, 0.3) is 10.9 Å². The first-order valence-corrected chi connectivity index (χ1v) is 11.2. The second-order valence-electron chi connectivity index (χ2n) is 8.14. The Morgan fingerprint density at radius 2 is 1.74 bits per heavy atom. The van der Waals surface area contributed by atoms with Gasteiger partial charge in [0.25, 0.3) is 0 Å². The molecule has 0 spiro atoms. The first kappa shape index (κ1) is 22.7. The van der Waals surface area contributed by atoms with Crippen LogP contribution >= 0.6 is 0 Å². The van der Waals surface area contributed by atoms with Gasteiger partial charge < -0.3 is 21.3 Å². The minimum Gasteiger partial charge on any atom is -0.398 e. The molecule has 0 radical (unpaired) electrons. The van der Waals surface area contributed by atoms with E-state index >= 15 is 0 Å². The lowest BCUT2D eigenvalue weighted by Crippen LogP contribution is -2.26. The van der Waals surface area contributed by atoms with Gasteiger partial charge >= 0.3 is 0 Å². The number of nitrogens with one attached hydrogen (secondary N) is 2. The number of aryl methyl sites for hydroxylation is 2. The summed E-state index contributed by atoms with van der Waals surface area (Å²) in [5, 5.41) is 7.77. The van der Waals surface area contributed by atoms with E-state index in [2.05, 4.69) is 51.3 Å². The second kappa shape index (κ2) is 10.4. The summed E-state index contributed by atoms with van der Waals surface area (Å²) in [6.45, 7) is 13.9. The van der Waals surface area contributed by atoms with Crippen molar-refractivity contribution in [3.05, 3.63) is 41.7 Å². The summed E-state index contributed by atoms with van der Waals surface area (Å²) < 4.78 is 0. The van der Waals surface area contributed by atoms with Crippen LogP contribution in [0, 0.1) is 13.8 Å². The van der Waals surface area contributed by atoms with Crippen LogP contribution in [0.1, 0.15) is 45.0 Å². The van der Waals surface area contributed by atoms with Gasteiger partial charge in [0.05, 0.1) is 5.52 Å². The molecule has 1 atom stereocenters. The first-order valence-electron chi connectivity index (χ1n) is 11.2. The Bertz CT molecular complexity index is 1010. The van der Waals surface area contributed by atoms with Crippen molar-refractivity contribution >= 4 is 34.0 Å². The van der Waals surface area contributed by atoms with Gasteiger partial charge in [-0.15, -0.1) is 0 Å². The second-order valence-corrected chi connectivity index (χ2v) is 8.14. The molecule has 4 N–H and O–H groups in total. The number of nitrogens with zero attached hydrogens (tertiary/aromatic N) is 4. The zero-order valence-electron chi connectivity index (χ0n) is 19.4. The van der Waals surface area contributed by atoms with Gasteiger partial charge in [0.2, 0.25) is 5.95 Å². The van der Waals surface area contributed by atoms with Crippen LogP contribution in [0.3, 0.4) is 0 Å². The zero-order valence-corrected chi connectivity index (χ0v) is 19.4. The number of nitrogen functional groups attached to an aromatic ring is 1. The fourth-order valence-electron chi connectivity index (χ4n) is 3.77. The fraction of sp³-hybridized carbons (Fsp3) is 0.458. The van der Waals surface area contributed by atoms with E-state index in [1.54, 1.807) is 0 Å². The molecule has 0 fully saturated rings. The van der Waals surface area contributed by atoms with E-state index in [1.807, 2.05) is 44.2 Å². The molecule has 1 unspecified atom stereocenters. The maximum atomic E-state index is 6.19. The van der Waals surface area contributed by atoms with E-state index in [0.717, 1.165) is 72.0 Å². The maximum absolute atomic E-state index is 6.19. The van der Waals surface area contributed by atoms with Crippen molar-refractivity contribution in [3.63, 3.8) is 0 Å². The predicted octanol–water partition coefficient (Wildman–Crippen LogP) is 4.89. The van der Waals surface area contributed by atoms with E-state index in [4.69, 9.17) is 5.73 Å². The van der Waals surface area contributed by atoms with Crippen molar-refractivity contribution in [1.29, 1.82) is 0 Å². The highest BCUT2D eigenvalue weighted by molar-refractivity contribution is 5.93. The monoisotopic (exact) mass is 421 g/mol. The number of hydrogen-bond acceptors (Lipinski definition) is 7. The minimum atomic E-state index is 0.306. The molecule has 7 heteroatoms. The molecule has 1 aromatic carbocycles. The van der Waals surface area contributed by atoms with E-state index in [-0.39, 0.29) is 0 Å². The molecule has 2 aromatic heterocycles. The molecule has 0 saturated carbocycles. The van der Waals surface area contributed by atoms with Crippen LogP contribution in [-0.4, -0.2) is 45.5 Å². The molecular formula is C24H35N7. The van der Waals surface area contributed by atoms with Crippen molar-refractivity contribution in [2.24, 2.45) is 0 Å². The van der Waals surface area contributed by atoms with Crippen LogP contribution in [-0.2, 0) is 0 Å². The van der Waals surface area contributed by atoms with Gasteiger partial charge in [0, 0.05) is 40.3 Å². The topological polar surface area (TPSA) is 92.0 Å². The maximum Gasteiger partial charge on any atom is 0.225 e. The summed E-state index contributed by atoms with van der Waals surface area (Å²) in [4.78, 5) is 16.2.